The van der Waals surface area contributed by atoms with Crippen molar-refractivity contribution in [3.8, 4) is 22.9 Å². The van der Waals surface area contributed by atoms with Crippen molar-refractivity contribution in [2.45, 2.75) is 12.3 Å². The Bertz CT molecular complexity index is 1150. The first kappa shape index (κ1) is 19.4. The molecule has 154 valence electrons. The van der Waals surface area contributed by atoms with Gasteiger partial charge in [0, 0.05) is 24.6 Å². The Morgan fingerprint density at radius 3 is 2.63 bits per heavy atom. The Kier molecular flexibility index (Phi) is 4.83. The fraction of sp³-hybridized carbons (Fsp3) is 0.182. The summed E-state index contributed by atoms with van der Waals surface area (Å²) in [6, 6.07) is 11.8. The van der Waals surface area contributed by atoms with Crippen molar-refractivity contribution in [2.75, 3.05) is 19.5 Å². The molecule has 0 bridgehead atoms. The van der Waals surface area contributed by atoms with Crippen LogP contribution >= 0.6 is 0 Å². The number of phenolic OH excluding ortho intramolecular Hbond substituents is 1. The van der Waals surface area contributed by atoms with E-state index >= 15 is 0 Å². The third kappa shape index (κ3) is 3.22. The van der Waals surface area contributed by atoms with E-state index in [1.165, 1.54) is 20.4 Å². The molecular formula is C22H20N2O6. The van der Waals surface area contributed by atoms with E-state index in [1.54, 1.807) is 47.0 Å². The standard InChI is InChI=1S/C22H20N2O6/c1-29-14-6-7-18(30-2)17(9-14)24-11-16(22(27)28)20-21(24)15(10-19(26)23-20)12-4-3-5-13(25)8-12/h3-9,11,15,25H,10H2,1-2H3,(H,23,26)(H,27,28)/t15-/m1/s1. The highest BCUT2D eigenvalue weighted by Gasteiger charge is 2.35. The van der Waals surface area contributed by atoms with Gasteiger partial charge in [-0.2, -0.15) is 0 Å². The molecule has 1 aromatic heterocycles. The second-order valence-corrected chi connectivity index (χ2v) is 6.92. The first-order valence-electron chi connectivity index (χ1n) is 9.22. The van der Waals surface area contributed by atoms with Gasteiger partial charge < -0.3 is 29.6 Å². The predicted octanol–water partition coefficient (Wildman–Crippen LogP) is 3.37. The largest absolute Gasteiger partial charge is 0.508 e. The minimum Gasteiger partial charge on any atom is -0.508 e. The molecule has 1 aliphatic heterocycles. The number of nitrogens with zero attached hydrogens (tertiary/aromatic N) is 1. The molecule has 0 fully saturated rings. The summed E-state index contributed by atoms with van der Waals surface area (Å²) in [6.07, 6.45) is 1.57. The van der Waals surface area contributed by atoms with E-state index in [2.05, 4.69) is 5.32 Å². The average Bonchev–Trinajstić information content (AvgIpc) is 3.12. The van der Waals surface area contributed by atoms with Crippen LogP contribution in [-0.4, -0.2) is 40.9 Å². The van der Waals surface area contributed by atoms with Crippen LogP contribution in [0.5, 0.6) is 17.2 Å². The smallest absolute Gasteiger partial charge is 0.339 e. The fourth-order valence-electron chi connectivity index (χ4n) is 3.83. The number of aromatic hydroxyl groups is 1. The second-order valence-electron chi connectivity index (χ2n) is 6.92. The van der Waals surface area contributed by atoms with E-state index in [0.29, 0.717) is 28.4 Å². The van der Waals surface area contributed by atoms with Crippen molar-refractivity contribution in [1.82, 2.24) is 4.57 Å². The van der Waals surface area contributed by atoms with Crippen LogP contribution in [0, 0.1) is 0 Å². The van der Waals surface area contributed by atoms with E-state index in [9.17, 15) is 19.8 Å². The van der Waals surface area contributed by atoms with Gasteiger partial charge in [-0.15, -0.1) is 0 Å². The van der Waals surface area contributed by atoms with Gasteiger partial charge in [-0.1, -0.05) is 12.1 Å². The maximum Gasteiger partial charge on any atom is 0.339 e. The summed E-state index contributed by atoms with van der Waals surface area (Å²) >= 11 is 0. The molecule has 0 saturated carbocycles. The molecule has 8 nitrogen and oxygen atoms in total. The number of methoxy groups -OCH3 is 2. The van der Waals surface area contributed by atoms with Crippen molar-refractivity contribution in [3.05, 3.63) is 65.5 Å². The molecule has 1 atom stereocenters. The second kappa shape index (κ2) is 7.47. The molecule has 8 heteroatoms. The third-order valence-corrected chi connectivity index (χ3v) is 5.18. The molecule has 2 aromatic carbocycles. The molecule has 2 heterocycles. The molecule has 3 N–H and O–H groups in total. The molecule has 0 radical (unpaired) electrons. The number of carbonyl (C=O) groups excluding carboxylic acids is 1. The zero-order chi connectivity index (χ0) is 21.4. The zero-order valence-corrected chi connectivity index (χ0v) is 16.4. The van der Waals surface area contributed by atoms with Crippen LogP contribution in [0.3, 0.4) is 0 Å². The summed E-state index contributed by atoms with van der Waals surface area (Å²) in [6.45, 7) is 0. The van der Waals surface area contributed by atoms with Gasteiger partial charge in [-0.05, 0) is 29.8 Å². The summed E-state index contributed by atoms with van der Waals surface area (Å²) in [5.41, 5.74) is 2.06. The molecular weight excluding hydrogens is 388 g/mol. The summed E-state index contributed by atoms with van der Waals surface area (Å²) < 4.78 is 12.5. The molecule has 0 saturated heterocycles. The van der Waals surface area contributed by atoms with E-state index in [4.69, 9.17) is 9.47 Å². The lowest BCUT2D eigenvalue weighted by atomic mass is 9.88. The van der Waals surface area contributed by atoms with Crippen LogP contribution < -0.4 is 14.8 Å². The topological polar surface area (TPSA) is 110 Å². The molecule has 0 unspecified atom stereocenters. The van der Waals surface area contributed by atoms with Gasteiger partial charge in [0.2, 0.25) is 5.91 Å². The number of hydrogen-bond donors (Lipinski definition) is 3. The van der Waals surface area contributed by atoms with Crippen LogP contribution in [0.15, 0.2) is 48.7 Å². The van der Waals surface area contributed by atoms with Crippen LogP contribution in [0.25, 0.3) is 5.69 Å². The number of aromatic carboxylic acids is 1. The number of amides is 1. The summed E-state index contributed by atoms with van der Waals surface area (Å²) in [4.78, 5) is 24.4. The van der Waals surface area contributed by atoms with E-state index in [0.717, 1.165) is 0 Å². The third-order valence-electron chi connectivity index (χ3n) is 5.18. The lowest BCUT2D eigenvalue weighted by Crippen LogP contribution is -2.25. The molecule has 4 rings (SSSR count). The highest BCUT2D eigenvalue weighted by molar-refractivity contribution is 6.04. The van der Waals surface area contributed by atoms with Gasteiger partial charge in [0.1, 0.15) is 22.8 Å². The minimum atomic E-state index is -1.16. The minimum absolute atomic E-state index is 0.0342. The monoisotopic (exact) mass is 408 g/mol. The molecule has 0 spiro atoms. The first-order valence-corrected chi connectivity index (χ1v) is 9.22. The number of carboxylic acids is 1. The van der Waals surface area contributed by atoms with Gasteiger partial charge in [-0.3, -0.25) is 4.79 Å². The van der Waals surface area contributed by atoms with Crippen LogP contribution in [0.2, 0.25) is 0 Å². The van der Waals surface area contributed by atoms with Gasteiger partial charge in [-0.25, -0.2) is 4.79 Å². The number of rotatable bonds is 5. The lowest BCUT2D eigenvalue weighted by molar-refractivity contribution is -0.116. The van der Waals surface area contributed by atoms with Crippen molar-refractivity contribution in [3.63, 3.8) is 0 Å². The highest BCUT2D eigenvalue weighted by atomic mass is 16.5. The van der Waals surface area contributed by atoms with Crippen molar-refractivity contribution in [1.29, 1.82) is 0 Å². The van der Waals surface area contributed by atoms with Crippen LogP contribution in [0.4, 0.5) is 5.69 Å². The SMILES string of the molecule is COc1ccc(OC)c(-n2cc(C(=O)O)c3c2[C@@H](c2cccc(O)c2)CC(=O)N3)c1. The van der Waals surface area contributed by atoms with Gasteiger partial charge in [0.15, 0.2) is 0 Å². The van der Waals surface area contributed by atoms with Crippen molar-refractivity contribution >= 4 is 17.6 Å². The summed E-state index contributed by atoms with van der Waals surface area (Å²) in [5, 5.41) is 22.4. The first-order chi connectivity index (χ1) is 14.4. The lowest BCUT2D eigenvalue weighted by Gasteiger charge is -2.27. The van der Waals surface area contributed by atoms with Crippen molar-refractivity contribution in [2.24, 2.45) is 0 Å². The highest BCUT2D eigenvalue weighted by Crippen LogP contribution is 2.43. The Balaban J connectivity index is 2.02. The predicted molar refractivity (Wildman–Crippen MR) is 109 cm³/mol. The van der Waals surface area contributed by atoms with Gasteiger partial charge >= 0.3 is 5.97 Å². The maximum atomic E-state index is 12.4. The Hall–Kier alpha value is -3.94. The quantitative estimate of drug-likeness (QED) is 0.597. The van der Waals surface area contributed by atoms with E-state index in [1.807, 2.05) is 0 Å². The molecule has 1 aliphatic rings. The average molecular weight is 408 g/mol. The van der Waals surface area contributed by atoms with E-state index in [-0.39, 0.29) is 29.3 Å². The number of aromatic nitrogens is 1. The maximum absolute atomic E-state index is 12.4. The van der Waals surface area contributed by atoms with E-state index < -0.39 is 11.9 Å². The number of carbonyl (C=O) groups is 2. The molecule has 1 amide bonds. The number of anilines is 1. The van der Waals surface area contributed by atoms with Gasteiger partial charge in [0.05, 0.1) is 31.3 Å². The summed E-state index contributed by atoms with van der Waals surface area (Å²) in [5.74, 6) is -0.784. The van der Waals surface area contributed by atoms with Crippen LogP contribution in [-0.2, 0) is 4.79 Å². The number of hydrogen-bond acceptors (Lipinski definition) is 5. The number of nitrogens with one attached hydrogen (secondary N) is 1. The number of benzene rings is 2. The number of ether oxygens (including phenoxy) is 2. The Morgan fingerprint density at radius 2 is 1.97 bits per heavy atom. The fourth-order valence-corrected chi connectivity index (χ4v) is 3.83. The Morgan fingerprint density at radius 1 is 1.17 bits per heavy atom. The number of fused-ring (bicyclic) bond motifs is 1. The molecule has 30 heavy (non-hydrogen) atoms. The summed E-state index contributed by atoms with van der Waals surface area (Å²) in [7, 11) is 3.06. The normalized spacial score (nSPS) is 15.3. The molecule has 3 aromatic rings. The van der Waals surface area contributed by atoms with Crippen LogP contribution in [0.1, 0.15) is 34.0 Å². The van der Waals surface area contributed by atoms with Crippen molar-refractivity contribution < 1.29 is 29.3 Å². The van der Waals surface area contributed by atoms with Gasteiger partial charge in [0.25, 0.3) is 0 Å². The number of carboxylic acid groups (broad SMARTS) is 1. The Labute approximate surface area is 172 Å². The molecule has 0 aliphatic carbocycles. The number of phenols is 1. The zero-order valence-electron chi connectivity index (χ0n) is 16.4.